The van der Waals surface area contributed by atoms with Crippen molar-refractivity contribution in [1.29, 1.82) is 0 Å². The van der Waals surface area contributed by atoms with E-state index in [9.17, 15) is 18.9 Å². The quantitative estimate of drug-likeness (QED) is 0.663. The first-order chi connectivity index (χ1) is 8.54. The lowest BCUT2D eigenvalue weighted by atomic mass is 10.2. The number of nitro groups is 1. The van der Waals surface area contributed by atoms with E-state index in [0.717, 1.165) is 6.42 Å². The molecule has 0 spiro atoms. The Morgan fingerprint density at radius 1 is 1.44 bits per heavy atom. The zero-order valence-corrected chi connectivity index (χ0v) is 9.47. The Morgan fingerprint density at radius 2 is 2.06 bits per heavy atom. The van der Waals surface area contributed by atoms with Gasteiger partial charge in [-0.25, -0.2) is 8.78 Å². The molecule has 1 aliphatic heterocycles. The Balaban J connectivity index is 2.42. The van der Waals surface area contributed by atoms with E-state index in [-0.39, 0.29) is 18.3 Å². The van der Waals surface area contributed by atoms with Crippen LogP contribution in [0.5, 0.6) is 0 Å². The van der Waals surface area contributed by atoms with Gasteiger partial charge in [0.05, 0.1) is 29.7 Å². The standard InChI is InChI=1S/C11H12F2N2O3/c12-9-4-8(15(17)18)5-10(13)11(9)14-3-1-2-7(14)6-16/h4-5,7,16H,1-3,6H2/t7-/m0/s1. The van der Waals surface area contributed by atoms with Crippen molar-refractivity contribution in [3.63, 3.8) is 0 Å². The number of nitro benzene ring substituents is 1. The molecule has 98 valence electrons. The van der Waals surface area contributed by atoms with Crippen LogP contribution in [0.15, 0.2) is 12.1 Å². The molecule has 1 atom stereocenters. The highest BCUT2D eigenvalue weighted by Gasteiger charge is 2.30. The smallest absolute Gasteiger partial charge is 0.275 e. The molecule has 5 nitrogen and oxygen atoms in total. The third-order valence-electron chi connectivity index (χ3n) is 3.09. The first-order valence-corrected chi connectivity index (χ1v) is 5.55. The van der Waals surface area contributed by atoms with E-state index in [1.165, 1.54) is 4.90 Å². The van der Waals surface area contributed by atoms with E-state index in [4.69, 9.17) is 5.11 Å². The summed E-state index contributed by atoms with van der Waals surface area (Å²) >= 11 is 0. The summed E-state index contributed by atoms with van der Waals surface area (Å²) in [5.41, 5.74) is -0.911. The average Bonchev–Trinajstić information content (AvgIpc) is 2.76. The van der Waals surface area contributed by atoms with Gasteiger partial charge in [-0.3, -0.25) is 10.1 Å². The van der Waals surface area contributed by atoms with Crippen LogP contribution in [0.4, 0.5) is 20.2 Å². The molecular weight excluding hydrogens is 246 g/mol. The van der Waals surface area contributed by atoms with Gasteiger partial charge in [0.1, 0.15) is 5.69 Å². The van der Waals surface area contributed by atoms with Gasteiger partial charge >= 0.3 is 0 Å². The lowest BCUT2D eigenvalue weighted by Crippen LogP contribution is -2.33. The van der Waals surface area contributed by atoms with E-state index in [1.54, 1.807) is 0 Å². The lowest BCUT2D eigenvalue weighted by Gasteiger charge is -2.25. The van der Waals surface area contributed by atoms with Crippen LogP contribution in [0.3, 0.4) is 0 Å². The molecular formula is C11H12F2N2O3. The molecule has 0 unspecified atom stereocenters. The SMILES string of the molecule is O=[N+]([O-])c1cc(F)c(N2CCC[C@H]2CO)c(F)c1. The van der Waals surface area contributed by atoms with Crippen LogP contribution in [-0.4, -0.2) is 29.2 Å². The summed E-state index contributed by atoms with van der Waals surface area (Å²) in [6.07, 6.45) is 1.37. The second-order valence-corrected chi connectivity index (χ2v) is 4.19. The topological polar surface area (TPSA) is 66.6 Å². The maximum Gasteiger partial charge on any atom is 0.275 e. The zero-order chi connectivity index (χ0) is 13.3. The predicted octanol–water partition coefficient (Wildman–Crippen LogP) is 1.83. The summed E-state index contributed by atoms with van der Waals surface area (Å²) in [5, 5.41) is 19.6. The molecule has 7 heteroatoms. The Hall–Kier alpha value is -1.76. The highest BCUT2D eigenvalue weighted by molar-refractivity contribution is 5.55. The van der Waals surface area contributed by atoms with Gasteiger partial charge in [0.15, 0.2) is 11.6 Å². The van der Waals surface area contributed by atoms with Gasteiger partial charge in [0.25, 0.3) is 5.69 Å². The Labute approximate surface area is 102 Å². The van der Waals surface area contributed by atoms with Gasteiger partial charge < -0.3 is 10.0 Å². The van der Waals surface area contributed by atoms with Crippen molar-refractivity contribution in [3.05, 3.63) is 33.9 Å². The Kier molecular flexibility index (Phi) is 3.42. The van der Waals surface area contributed by atoms with Gasteiger partial charge in [-0.15, -0.1) is 0 Å². The molecule has 0 bridgehead atoms. The number of hydrogen-bond donors (Lipinski definition) is 1. The third kappa shape index (κ3) is 2.13. The van der Waals surface area contributed by atoms with Crippen LogP contribution in [0.2, 0.25) is 0 Å². The molecule has 0 amide bonds. The molecule has 0 aliphatic carbocycles. The minimum absolute atomic E-state index is 0.199. The van der Waals surface area contributed by atoms with Crippen molar-refractivity contribution in [2.75, 3.05) is 18.1 Å². The minimum Gasteiger partial charge on any atom is -0.394 e. The fraction of sp³-hybridized carbons (Fsp3) is 0.455. The van der Waals surface area contributed by atoms with Crippen molar-refractivity contribution < 1.29 is 18.8 Å². The molecule has 0 radical (unpaired) electrons. The molecule has 1 aromatic rings. The number of hydrogen-bond acceptors (Lipinski definition) is 4. The molecule has 2 rings (SSSR count). The number of aliphatic hydroxyl groups is 1. The normalized spacial score (nSPS) is 19.3. The molecule has 0 saturated carbocycles. The molecule has 1 saturated heterocycles. The molecule has 1 fully saturated rings. The first kappa shape index (κ1) is 12.7. The monoisotopic (exact) mass is 258 g/mol. The average molecular weight is 258 g/mol. The third-order valence-corrected chi connectivity index (χ3v) is 3.09. The van der Waals surface area contributed by atoms with Crippen LogP contribution >= 0.6 is 0 Å². The van der Waals surface area contributed by atoms with Gasteiger partial charge in [-0.1, -0.05) is 0 Å². The fourth-order valence-electron chi connectivity index (χ4n) is 2.25. The van der Waals surface area contributed by atoms with Crippen LogP contribution in [0, 0.1) is 21.7 Å². The highest BCUT2D eigenvalue weighted by atomic mass is 19.1. The van der Waals surface area contributed by atoms with Crippen LogP contribution < -0.4 is 4.90 Å². The second kappa shape index (κ2) is 4.85. The number of nitrogens with zero attached hydrogens (tertiary/aromatic N) is 2. The summed E-state index contributed by atoms with van der Waals surface area (Å²) in [6, 6.07) is 1.06. The molecule has 1 N–H and O–H groups in total. The summed E-state index contributed by atoms with van der Waals surface area (Å²) in [7, 11) is 0. The van der Waals surface area contributed by atoms with E-state index in [2.05, 4.69) is 0 Å². The number of anilines is 1. The van der Waals surface area contributed by atoms with Gasteiger partial charge in [-0.05, 0) is 12.8 Å². The Morgan fingerprint density at radius 3 is 2.56 bits per heavy atom. The number of non-ortho nitro benzene ring substituents is 1. The predicted molar refractivity (Wildman–Crippen MR) is 60.5 cm³/mol. The minimum atomic E-state index is -0.970. The largest absolute Gasteiger partial charge is 0.394 e. The highest BCUT2D eigenvalue weighted by Crippen LogP contribution is 2.32. The maximum atomic E-state index is 13.8. The zero-order valence-electron chi connectivity index (χ0n) is 9.47. The summed E-state index contributed by atoms with van der Waals surface area (Å²) in [5.74, 6) is -1.94. The van der Waals surface area contributed by atoms with Crippen LogP contribution in [0.1, 0.15) is 12.8 Å². The Bertz CT molecular complexity index is 458. The van der Waals surface area contributed by atoms with Crippen LogP contribution in [-0.2, 0) is 0 Å². The van der Waals surface area contributed by atoms with Crippen molar-refractivity contribution in [2.24, 2.45) is 0 Å². The summed E-state index contributed by atoms with van der Waals surface area (Å²) < 4.78 is 27.5. The van der Waals surface area contributed by atoms with E-state index < -0.39 is 22.2 Å². The van der Waals surface area contributed by atoms with Crippen molar-refractivity contribution in [1.82, 2.24) is 0 Å². The van der Waals surface area contributed by atoms with E-state index in [1.807, 2.05) is 0 Å². The van der Waals surface area contributed by atoms with Crippen molar-refractivity contribution in [3.8, 4) is 0 Å². The number of aliphatic hydroxyl groups excluding tert-OH is 1. The summed E-state index contributed by atoms with van der Waals surface area (Å²) in [6.45, 7) is 0.229. The number of benzene rings is 1. The van der Waals surface area contributed by atoms with Crippen molar-refractivity contribution in [2.45, 2.75) is 18.9 Å². The fourth-order valence-corrected chi connectivity index (χ4v) is 2.25. The molecule has 1 heterocycles. The molecule has 18 heavy (non-hydrogen) atoms. The second-order valence-electron chi connectivity index (χ2n) is 4.19. The summed E-state index contributed by atoms with van der Waals surface area (Å²) in [4.78, 5) is 11.1. The molecule has 0 aromatic heterocycles. The lowest BCUT2D eigenvalue weighted by molar-refractivity contribution is -0.385. The van der Waals surface area contributed by atoms with Crippen LogP contribution in [0.25, 0.3) is 0 Å². The van der Waals surface area contributed by atoms with Gasteiger partial charge in [0, 0.05) is 6.54 Å². The first-order valence-electron chi connectivity index (χ1n) is 5.55. The van der Waals surface area contributed by atoms with Gasteiger partial charge in [0.2, 0.25) is 0 Å². The number of halogens is 2. The van der Waals surface area contributed by atoms with E-state index >= 15 is 0 Å². The van der Waals surface area contributed by atoms with Gasteiger partial charge in [-0.2, -0.15) is 0 Å². The number of rotatable bonds is 3. The van der Waals surface area contributed by atoms with E-state index in [0.29, 0.717) is 25.1 Å². The maximum absolute atomic E-state index is 13.8. The van der Waals surface area contributed by atoms with Crippen molar-refractivity contribution >= 4 is 11.4 Å². The molecule has 1 aromatic carbocycles. The molecule has 1 aliphatic rings.